The first-order chi connectivity index (χ1) is 14.1. The summed E-state index contributed by atoms with van der Waals surface area (Å²) in [6.07, 6.45) is 1.65. The third-order valence-corrected chi connectivity index (χ3v) is 5.15. The number of ether oxygens (including phenoxy) is 2. The van der Waals surface area contributed by atoms with E-state index in [2.05, 4.69) is 10.1 Å². The van der Waals surface area contributed by atoms with Gasteiger partial charge >= 0.3 is 0 Å². The molecule has 1 atom stereocenters. The number of methoxy groups -OCH3 is 2. The predicted octanol–water partition coefficient (Wildman–Crippen LogP) is 4.04. The molecule has 0 radical (unpaired) electrons. The van der Waals surface area contributed by atoms with Crippen molar-refractivity contribution in [2.45, 2.75) is 25.8 Å². The molecule has 29 heavy (non-hydrogen) atoms. The monoisotopic (exact) mass is 393 g/mol. The van der Waals surface area contributed by atoms with Gasteiger partial charge in [-0.15, -0.1) is 0 Å². The third-order valence-electron chi connectivity index (χ3n) is 5.15. The number of amides is 1. The molecule has 7 heteroatoms. The van der Waals surface area contributed by atoms with E-state index in [-0.39, 0.29) is 11.9 Å². The number of carbonyl (C=O) groups excluding carboxylic acids is 1. The molecular weight excluding hydrogens is 370 g/mol. The zero-order valence-corrected chi connectivity index (χ0v) is 16.7. The van der Waals surface area contributed by atoms with Gasteiger partial charge in [-0.25, -0.2) is 0 Å². The summed E-state index contributed by atoms with van der Waals surface area (Å²) in [5.74, 6) is 2.02. The lowest BCUT2D eigenvalue weighted by Gasteiger charge is -2.22. The second-order valence-electron chi connectivity index (χ2n) is 7.08. The second-order valence-corrected chi connectivity index (χ2v) is 7.08. The number of hydrogen-bond acceptors (Lipinski definition) is 6. The van der Waals surface area contributed by atoms with E-state index >= 15 is 0 Å². The van der Waals surface area contributed by atoms with Gasteiger partial charge in [-0.3, -0.25) is 4.79 Å². The molecule has 2 heterocycles. The Bertz CT molecular complexity index is 991. The van der Waals surface area contributed by atoms with Crippen LogP contribution in [-0.2, 0) is 0 Å². The van der Waals surface area contributed by atoms with E-state index in [1.54, 1.807) is 37.3 Å². The number of benzene rings is 2. The Kier molecular flexibility index (Phi) is 5.20. The minimum atomic E-state index is -0.244. The molecule has 2 aromatic carbocycles. The maximum atomic E-state index is 13.2. The van der Waals surface area contributed by atoms with Crippen LogP contribution >= 0.6 is 0 Å². The van der Waals surface area contributed by atoms with Crippen molar-refractivity contribution in [2.75, 3.05) is 20.8 Å². The highest BCUT2D eigenvalue weighted by atomic mass is 16.5. The Balaban J connectivity index is 1.60. The van der Waals surface area contributed by atoms with Crippen LogP contribution in [-0.4, -0.2) is 41.7 Å². The Morgan fingerprint density at radius 2 is 1.79 bits per heavy atom. The van der Waals surface area contributed by atoms with Crippen molar-refractivity contribution in [1.82, 2.24) is 15.0 Å². The van der Waals surface area contributed by atoms with Crippen molar-refractivity contribution < 1.29 is 18.8 Å². The molecule has 7 nitrogen and oxygen atoms in total. The second kappa shape index (κ2) is 7.95. The van der Waals surface area contributed by atoms with Gasteiger partial charge in [0.05, 0.1) is 14.2 Å². The van der Waals surface area contributed by atoms with Gasteiger partial charge in [0.2, 0.25) is 11.7 Å². The zero-order chi connectivity index (χ0) is 20.4. The molecule has 4 rings (SSSR count). The van der Waals surface area contributed by atoms with Gasteiger partial charge in [0.15, 0.2) is 0 Å². The number of carbonyl (C=O) groups is 1. The van der Waals surface area contributed by atoms with Crippen LogP contribution in [0.25, 0.3) is 11.4 Å². The van der Waals surface area contributed by atoms with Gasteiger partial charge in [-0.2, -0.15) is 4.98 Å². The summed E-state index contributed by atoms with van der Waals surface area (Å²) in [6.45, 7) is 2.66. The van der Waals surface area contributed by atoms with E-state index in [1.165, 1.54) is 5.56 Å². The average molecular weight is 393 g/mol. The Hall–Kier alpha value is -3.35. The molecule has 1 aliphatic rings. The van der Waals surface area contributed by atoms with E-state index in [1.807, 2.05) is 31.2 Å². The molecule has 3 aromatic rings. The average Bonchev–Trinajstić information content (AvgIpc) is 3.42. The van der Waals surface area contributed by atoms with E-state index in [0.717, 1.165) is 18.4 Å². The summed E-state index contributed by atoms with van der Waals surface area (Å²) in [5.41, 5.74) is 2.56. The number of aromatic nitrogens is 2. The summed E-state index contributed by atoms with van der Waals surface area (Å²) < 4.78 is 16.1. The van der Waals surface area contributed by atoms with Crippen molar-refractivity contribution in [3.05, 3.63) is 59.5 Å². The van der Waals surface area contributed by atoms with Gasteiger partial charge in [-0.1, -0.05) is 35.0 Å². The first-order valence-electron chi connectivity index (χ1n) is 9.53. The van der Waals surface area contributed by atoms with Gasteiger partial charge in [0.25, 0.3) is 5.91 Å². The smallest absolute Gasteiger partial charge is 0.254 e. The number of nitrogens with zero attached hydrogens (tertiary/aromatic N) is 3. The number of likely N-dealkylation sites (tertiary alicyclic amines) is 1. The van der Waals surface area contributed by atoms with E-state index in [4.69, 9.17) is 14.0 Å². The molecular formula is C22H23N3O4. The highest BCUT2D eigenvalue weighted by Gasteiger charge is 2.35. The van der Waals surface area contributed by atoms with Crippen LogP contribution in [0, 0.1) is 6.92 Å². The Morgan fingerprint density at radius 1 is 1.10 bits per heavy atom. The topological polar surface area (TPSA) is 77.7 Å². The molecule has 1 aromatic heterocycles. The largest absolute Gasteiger partial charge is 0.497 e. The lowest BCUT2D eigenvalue weighted by Crippen LogP contribution is -2.30. The maximum Gasteiger partial charge on any atom is 0.254 e. The molecule has 1 fully saturated rings. The van der Waals surface area contributed by atoms with Crippen molar-refractivity contribution in [2.24, 2.45) is 0 Å². The van der Waals surface area contributed by atoms with Gasteiger partial charge < -0.3 is 18.9 Å². The molecule has 1 saturated heterocycles. The fraction of sp³-hybridized carbons (Fsp3) is 0.318. The van der Waals surface area contributed by atoms with Crippen LogP contribution in [0.3, 0.4) is 0 Å². The fourth-order valence-electron chi connectivity index (χ4n) is 3.55. The lowest BCUT2D eigenvalue weighted by atomic mass is 10.1. The van der Waals surface area contributed by atoms with Crippen molar-refractivity contribution in [3.8, 4) is 22.9 Å². The minimum Gasteiger partial charge on any atom is -0.497 e. The van der Waals surface area contributed by atoms with Crippen LogP contribution in [0.4, 0.5) is 0 Å². The quantitative estimate of drug-likeness (QED) is 0.651. The molecule has 1 aliphatic heterocycles. The Morgan fingerprint density at radius 3 is 2.45 bits per heavy atom. The molecule has 0 N–H and O–H groups in total. The van der Waals surface area contributed by atoms with Crippen LogP contribution in [0.2, 0.25) is 0 Å². The van der Waals surface area contributed by atoms with E-state index in [9.17, 15) is 4.79 Å². The molecule has 0 spiro atoms. The third kappa shape index (κ3) is 3.81. The SMILES string of the molecule is COc1cc(OC)cc(C(=O)N2CCC[C@@H]2c2nc(-c3ccc(C)cc3)no2)c1. The predicted molar refractivity (Wildman–Crippen MR) is 107 cm³/mol. The Labute approximate surface area is 169 Å². The van der Waals surface area contributed by atoms with Crippen LogP contribution < -0.4 is 9.47 Å². The number of hydrogen-bond donors (Lipinski definition) is 0. The van der Waals surface area contributed by atoms with Gasteiger partial charge in [-0.05, 0) is 31.9 Å². The van der Waals surface area contributed by atoms with Crippen LogP contribution in [0.1, 0.15) is 40.7 Å². The zero-order valence-electron chi connectivity index (χ0n) is 16.7. The van der Waals surface area contributed by atoms with Crippen molar-refractivity contribution in [1.29, 1.82) is 0 Å². The van der Waals surface area contributed by atoms with Gasteiger partial charge in [0, 0.05) is 23.7 Å². The van der Waals surface area contributed by atoms with E-state index < -0.39 is 0 Å². The summed E-state index contributed by atoms with van der Waals surface area (Å²) in [6, 6.07) is 12.9. The molecule has 0 saturated carbocycles. The molecule has 1 amide bonds. The van der Waals surface area contributed by atoms with Crippen molar-refractivity contribution >= 4 is 5.91 Å². The van der Waals surface area contributed by atoms with Crippen LogP contribution in [0.5, 0.6) is 11.5 Å². The molecule has 150 valence electrons. The first-order valence-corrected chi connectivity index (χ1v) is 9.53. The highest BCUT2D eigenvalue weighted by molar-refractivity contribution is 5.95. The van der Waals surface area contributed by atoms with Crippen molar-refractivity contribution in [3.63, 3.8) is 0 Å². The van der Waals surface area contributed by atoms with Crippen LogP contribution in [0.15, 0.2) is 47.0 Å². The fourth-order valence-corrected chi connectivity index (χ4v) is 3.55. The molecule has 0 aliphatic carbocycles. The molecule has 0 unspecified atom stereocenters. The summed E-state index contributed by atoms with van der Waals surface area (Å²) in [4.78, 5) is 19.5. The number of aryl methyl sites for hydroxylation is 1. The van der Waals surface area contributed by atoms with E-state index in [0.29, 0.717) is 35.3 Å². The summed E-state index contributed by atoms with van der Waals surface area (Å²) in [7, 11) is 3.12. The lowest BCUT2D eigenvalue weighted by molar-refractivity contribution is 0.0709. The summed E-state index contributed by atoms with van der Waals surface area (Å²) >= 11 is 0. The molecule has 0 bridgehead atoms. The highest BCUT2D eigenvalue weighted by Crippen LogP contribution is 2.34. The maximum absolute atomic E-state index is 13.2. The minimum absolute atomic E-state index is 0.111. The number of rotatable bonds is 5. The summed E-state index contributed by atoms with van der Waals surface area (Å²) in [5, 5.41) is 4.12. The normalized spacial score (nSPS) is 16.1. The van der Waals surface area contributed by atoms with Gasteiger partial charge in [0.1, 0.15) is 17.5 Å². The first kappa shape index (κ1) is 19.0. The standard InChI is InChI=1S/C22H23N3O4/c1-14-6-8-15(9-7-14)20-23-21(29-24-20)19-5-4-10-25(19)22(26)16-11-17(27-2)13-18(12-16)28-3/h6-9,11-13,19H,4-5,10H2,1-3H3/t19-/m1/s1.